The van der Waals surface area contributed by atoms with Crippen LogP contribution in [-0.4, -0.2) is 36.6 Å². The van der Waals surface area contributed by atoms with E-state index in [-0.39, 0.29) is 11.7 Å². The summed E-state index contributed by atoms with van der Waals surface area (Å²) in [6, 6.07) is 13.4. The van der Waals surface area contributed by atoms with Gasteiger partial charge in [0.2, 0.25) is 15.9 Å². The summed E-state index contributed by atoms with van der Waals surface area (Å²) in [5.74, 6) is 0.705. The van der Waals surface area contributed by atoms with Crippen LogP contribution in [0.1, 0.15) is 16.8 Å². The van der Waals surface area contributed by atoms with Gasteiger partial charge in [0.25, 0.3) is 5.91 Å². The number of benzene rings is 1. The van der Waals surface area contributed by atoms with E-state index in [0.717, 1.165) is 0 Å². The van der Waals surface area contributed by atoms with Gasteiger partial charge in [0.15, 0.2) is 0 Å². The van der Waals surface area contributed by atoms with Crippen molar-refractivity contribution < 1.29 is 17.9 Å². The Bertz CT molecular complexity index is 1120. The number of pyridine rings is 2. The number of nitrogens with zero attached hydrogens (tertiary/aromatic N) is 3. The monoisotopic (exact) mass is 410 g/mol. The molecule has 0 saturated carbocycles. The maximum absolute atomic E-state index is 12.6. The molecule has 0 atom stereocenters. The number of sulfonamides is 1. The number of amides is 1. The second kappa shape index (κ2) is 7.88. The molecular weight excluding hydrogens is 392 g/mol. The first kappa shape index (κ1) is 18.9. The first-order valence-electron chi connectivity index (χ1n) is 8.97. The summed E-state index contributed by atoms with van der Waals surface area (Å²) in [7, 11) is -3.30. The minimum Gasteiger partial charge on any atom is -0.437 e. The van der Waals surface area contributed by atoms with Gasteiger partial charge in [-0.3, -0.25) is 14.1 Å². The molecule has 1 amide bonds. The van der Waals surface area contributed by atoms with Crippen LogP contribution in [0.4, 0.5) is 11.4 Å². The molecule has 3 aromatic rings. The average molecular weight is 410 g/mol. The third-order valence-corrected chi connectivity index (χ3v) is 6.22. The lowest BCUT2D eigenvalue weighted by molar-refractivity contribution is 0.102. The number of hydrogen-bond donors (Lipinski definition) is 1. The minimum atomic E-state index is -3.30. The van der Waals surface area contributed by atoms with E-state index < -0.39 is 10.0 Å². The number of hydrogen-bond acceptors (Lipinski definition) is 6. The van der Waals surface area contributed by atoms with Crippen molar-refractivity contribution in [2.75, 3.05) is 21.9 Å². The zero-order valence-corrected chi connectivity index (χ0v) is 16.2. The molecule has 148 valence electrons. The van der Waals surface area contributed by atoms with Gasteiger partial charge in [-0.15, -0.1) is 0 Å². The smallest absolute Gasteiger partial charge is 0.255 e. The molecule has 3 heterocycles. The van der Waals surface area contributed by atoms with Gasteiger partial charge in [-0.1, -0.05) is 6.07 Å². The molecular formula is C20H18N4O4S. The van der Waals surface area contributed by atoms with Crippen molar-refractivity contribution in [3.63, 3.8) is 0 Å². The molecule has 9 heteroatoms. The Morgan fingerprint density at radius 1 is 1.10 bits per heavy atom. The van der Waals surface area contributed by atoms with E-state index in [2.05, 4.69) is 15.3 Å². The van der Waals surface area contributed by atoms with Gasteiger partial charge in [0.1, 0.15) is 5.75 Å². The highest BCUT2D eigenvalue weighted by molar-refractivity contribution is 7.93. The topological polar surface area (TPSA) is 101 Å². The van der Waals surface area contributed by atoms with Crippen LogP contribution < -0.4 is 14.4 Å². The second-order valence-electron chi connectivity index (χ2n) is 6.42. The van der Waals surface area contributed by atoms with Crippen molar-refractivity contribution in [3.8, 4) is 11.6 Å². The number of anilines is 2. The Morgan fingerprint density at radius 2 is 2.00 bits per heavy atom. The second-order valence-corrected chi connectivity index (χ2v) is 8.43. The van der Waals surface area contributed by atoms with E-state index >= 15 is 0 Å². The fourth-order valence-corrected chi connectivity index (χ4v) is 4.53. The minimum absolute atomic E-state index is 0.128. The van der Waals surface area contributed by atoms with Gasteiger partial charge < -0.3 is 10.1 Å². The molecule has 1 N–H and O–H groups in total. The highest BCUT2D eigenvalue weighted by atomic mass is 32.2. The third-order valence-electron chi connectivity index (χ3n) is 4.35. The van der Waals surface area contributed by atoms with Crippen LogP contribution in [0.2, 0.25) is 0 Å². The molecule has 29 heavy (non-hydrogen) atoms. The summed E-state index contributed by atoms with van der Waals surface area (Å²) in [4.78, 5) is 20.7. The summed E-state index contributed by atoms with van der Waals surface area (Å²) < 4.78 is 31.1. The van der Waals surface area contributed by atoms with E-state index in [0.29, 0.717) is 41.5 Å². The first-order chi connectivity index (χ1) is 14.0. The Kier molecular flexibility index (Phi) is 5.13. The van der Waals surface area contributed by atoms with Crippen molar-refractivity contribution in [1.82, 2.24) is 9.97 Å². The lowest BCUT2D eigenvalue weighted by Gasteiger charge is -2.17. The number of ether oxygens (including phenoxy) is 1. The van der Waals surface area contributed by atoms with E-state index in [1.807, 2.05) is 0 Å². The van der Waals surface area contributed by atoms with Gasteiger partial charge in [-0.05, 0) is 42.8 Å². The lowest BCUT2D eigenvalue weighted by atomic mass is 10.2. The molecule has 4 rings (SSSR count). The van der Waals surface area contributed by atoms with Crippen molar-refractivity contribution in [1.29, 1.82) is 0 Å². The molecule has 2 aromatic heterocycles. The first-order valence-corrected chi connectivity index (χ1v) is 10.6. The number of carbonyl (C=O) groups is 1. The van der Waals surface area contributed by atoms with Crippen LogP contribution in [0.3, 0.4) is 0 Å². The van der Waals surface area contributed by atoms with Crippen LogP contribution in [0, 0.1) is 0 Å². The van der Waals surface area contributed by atoms with Crippen molar-refractivity contribution in [3.05, 3.63) is 72.7 Å². The number of aromatic nitrogens is 2. The standard InChI is InChI=1S/C20H18N4O4S/c25-20(15-4-1-5-17(12-15)24-10-3-11-29(24,26)27)23-16-7-8-19(22-13-16)28-18-6-2-9-21-14-18/h1-2,4-9,12-14H,3,10-11H2,(H,23,25). The van der Waals surface area contributed by atoms with Crippen molar-refractivity contribution >= 4 is 27.3 Å². The summed E-state index contributed by atoms with van der Waals surface area (Å²) in [5.41, 5.74) is 1.35. The van der Waals surface area contributed by atoms with Crippen LogP contribution in [-0.2, 0) is 10.0 Å². The fourth-order valence-electron chi connectivity index (χ4n) is 2.98. The lowest BCUT2D eigenvalue weighted by Crippen LogP contribution is -2.25. The maximum Gasteiger partial charge on any atom is 0.255 e. The molecule has 1 aliphatic heterocycles. The Morgan fingerprint density at radius 3 is 2.69 bits per heavy atom. The molecule has 1 fully saturated rings. The quantitative estimate of drug-likeness (QED) is 0.694. The van der Waals surface area contributed by atoms with Crippen LogP contribution >= 0.6 is 0 Å². The summed E-state index contributed by atoms with van der Waals surface area (Å²) in [6.07, 6.45) is 5.29. The molecule has 1 saturated heterocycles. The Labute approximate surface area is 168 Å². The molecule has 1 aliphatic rings. The van der Waals surface area contributed by atoms with Gasteiger partial charge in [0.05, 0.1) is 29.5 Å². The highest BCUT2D eigenvalue weighted by Crippen LogP contribution is 2.25. The summed E-state index contributed by atoms with van der Waals surface area (Å²) in [6.45, 7) is 0.426. The SMILES string of the molecule is O=C(Nc1ccc(Oc2cccnc2)nc1)c1cccc(N2CCCS2(=O)=O)c1. The predicted molar refractivity (Wildman–Crippen MR) is 109 cm³/mol. The molecule has 0 aliphatic carbocycles. The number of carbonyl (C=O) groups excluding carboxylic acids is 1. The summed E-state index contributed by atoms with van der Waals surface area (Å²) in [5, 5.41) is 2.75. The van der Waals surface area contributed by atoms with Gasteiger partial charge in [0, 0.05) is 24.4 Å². The van der Waals surface area contributed by atoms with E-state index in [9.17, 15) is 13.2 Å². The Balaban J connectivity index is 1.45. The number of rotatable bonds is 5. The van der Waals surface area contributed by atoms with Crippen LogP contribution in [0.25, 0.3) is 0 Å². The van der Waals surface area contributed by atoms with E-state index in [4.69, 9.17) is 4.74 Å². The van der Waals surface area contributed by atoms with Gasteiger partial charge in [-0.2, -0.15) is 0 Å². The normalized spacial score (nSPS) is 15.1. The molecule has 0 radical (unpaired) electrons. The highest BCUT2D eigenvalue weighted by Gasteiger charge is 2.28. The predicted octanol–water partition coefficient (Wildman–Crippen LogP) is 3.06. The summed E-state index contributed by atoms with van der Waals surface area (Å²) >= 11 is 0. The molecule has 8 nitrogen and oxygen atoms in total. The molecule has 0 unspecified atom stereocenters. The number of nitrogens with one attached hydrogen (secondary N) is 1. The molecule has 1 aromatic carbocycles. The third kappa shape index (κ3) is 4.35. The van der Waals surface area contributed by atoms with Crippen LogP contribution in [0.15, 0.2) is 67.1 Å². The van der Waals surface area contributed by atoms with Gasteiger partial charge >= 0.3 is 0 Å². The van der Waals surface area contributed by atoms with Crippen LogP contribution in [0.5, 0.6) is 11.6 Å². The van der Waals surface area contributed by atoms with E-state index in [1.54, 1.807) is 60.9 Å². The maximum atomic E-state index is 12.6. The fraction of sp³-hybridized carbons (Fsp3) is 0.150. The zero-order valence-electron chi connectivity index (χ0n) is 15.4. The zero-order chi connectivity index (χ0) is 20.3. The van der Waals surface area contributed by atoms with Crippen molar-refractivity contribution in [2.24, 2.45) is 0 Å². The van der Waals surface area contributed by atoms with E-state index in [1.165, 1.54) is 10.5 Å². The van der Waals surface area contributed by atoms with Crippen molar-refractivity contribution in [2.45, 2.75) is 6.42 Å². The van der Waals surface area contributed by atoms with Gasteiger partial charge in [-0.25, -0.2) is 13.4 Å². The Hall–Kier alpha value is -3.46. The average Bonchev–Trinajstić information content (AvgIpc) is 3.09. The largest absolute Gasteiger partial charge is 0.437 e. The molecule has 0 bridgehead atoms. The molecule has 0 spiro atoms.